The zero-order valence-corrected chi connectivity index (χ0v) is 10.6. The minimum absolute atomic E-state index is 0.0119. The summed E-state index contributed by atoms with van der Waals surface area (Å²) < 4.78 is 0. The Balaban J connectivity index is 2.10. The third kappa shape index (κ3) is 2.79. The zero-order chi connectivity index (χ0) is 13.1. The molecule has 5 nitrogen and oxygen atoms in total. The molecule has 2 N–H and O–H groups in total. The summed E-state index contributed by atoms with van der Waals surface area (Å²) in [6.45, 7) is 5.06. The monoisotopic (exact) mass is 249 g/mol. The zero-order valence-electron chi connectivity index (χ0n) is 10.6. The van der Waals surface area contributed by atoms with E-state index in [2.05, 4.69) is 11.8 Å². The maximum absolute atomic E-state index is 10.8. The van der Waals surface area contributed by atoms with Crippen LogP contribution < -0.4 is 5.73 Å². The number of rotatable bonds is 3. The molecule has 1 heterocycles. The lowest BCUT2D eigenvalue weighted by Gasteiger charge is -2.30. The van der Waals surface area contributed by atoms with Gasteiger partial charge in [-0.15, -0.1) is 0 Å². The van der Waals surface area contributed by atoms with Crippen LogP contribution in [0.25, 0.3) is 0 Å². The molecule has 1 aliphatic heterocycles. The van der Waals surface area contributed by atoms with Crippen molar-refractivity contribution in [1.82, 2.24) is 4.90 Å². The molecule has 5 heteroatoms. The molecule has 1 aliphatic rings. The molecule has 1 fully saturated rings. The fourth-order valence-electron chi connectivity index (χ4n) is 2.36. The molecule has 0 spiro atoms. The molecule has 0 unspecified atom stereocenters. The maximum atomic E-state index is 10.8. The van der Waals surface area contributed by atoms with Crippen molar-refractivity contribution in [2.45, 2.75) is 26.3 Å². The van der Waals surface area contributed by atoms with Gasteiger partial charge in [0.25, 0.3) is 5.69 Å². The first-order valence-corrected chi connectivity index (χ1v) is 6.32. The van der Waals surface area contributed by atoms with Gasteiger partial charge in [0, 0.05) is 12.6 Å². The van der Waals surface area contributed by atoms with E-state index >= 15 is 0 Å². The Labute approximate surface area is 107 Å². The first-order chi connectivity index (χ1) is 8.58. The van der Waals surface area contributed by atoms with Gasteiger partial charge in [-0.2, -0.15) is 0 Å². The summed E-state index contributed by atoms with van der Waals surface area (Å²) >= 11 is 0. The summed E-state index contributed by atoms with van der Waals surface area (Å²) in [5.41, 5.74) is 7.04. The van der Waals surface area contributed by atoms with Crippen LogP contribution in [0.4, 0.5) is 11.4 Å². The fourth-order valence-corrected chi connectivity index (χ4v) is 2.36. The molecular formula is C13H19N3O2. The summed E-state index contributed by atoms with van der Waals surface area (Å²) in [5.74, 6) is 0.781. The number of nitrogens with two attached hydrogens (primary N) is 1. The Morgan fingerprint density at radius 3 is 2.72 bits per heavy atom. The van der Waals surface area contributed by atoms with E-state index in [1.165, 1.54) is 18.9 Å². The van der Waals surface area contributed by atoms with Crippen molar-refractivity contribution in [2.24, 2.45) is 5.92 Å². The van der Waals surface area contributed by atoms with Crippen molar-refractivity contribution in [1.29, 1.82) is 0 Å². The number of anilines is 1. The van der Waals surface area contributed by atoms with E-state index < -0.39 is 4.92 Å². The fraction of sp³-hybridized carbons (Fsp3) is 0.538. The van der Waals surface area contributed by atoms with Crippen molar-refractivity contribution in [3.05, 3.63) is 33.9 Å². The minimum atomic E-state index is -0.420. The molecule has 98 valence electrons. The van der Waals surface area contributed by atoms with Gasteiger partial charge in [0.1, 0.15) is 5.69 Å². The first kappa shape index (κ1) is 12.8. The van der Waals surface area contributed by atoms with Crippen LogP contribution in [0.5, 0.6) is 0 Å². The molecule has 1 saturated heterocycles. The van der Waals surface area contributed by atoms with Gasteiger partial charge in [-0.3, -0.25) is 15.0 Å². The molecule has 1 aromatic rings. The van der Waals surface area contributed by atoms with E-state index in [1.807, 2.05) is 6.07 Å². The summed E-state index contributed by atoms with van der Waals surface area (Å²) in [7, 11) is 0. The lowest BCUT2D eigenvalue weighted by molar-refractivity contribution is -0.384. The Morgan fingerprint density at radius 2 is 2.11 bits per heavy atom. The molecule has 2 rings (SSSR count). The molecule has 0 atom stereocenters. The largest absolute Gasteiger partial charge is 0.393 e. The van der Waals surface area contributed by atoms with Crippen LogP contribution in [-0.4, -0.2) is 22.9 Å². The van der Waals surface area contributed by atoms with Crippen LogP contribution >= 0.6 is 0 Å². The van der Waals surface area contributed by atoms with Crippen LogP contribution in [0.2, 0.25) is 0 Å². The number of nitro benzene ring substituents is 1. The van der Waals surface area contributed by atoms with E-state index in [0.29, 0.717) is 12.2 Å². The normalized spacial score (nSPS) is 17.8. The summed E-state index contributed by atoms with van der Waals surface area (Å²) in [5, 5.41) is 10.8. The Hall–Kier alpha value is -1.62. The number of likely N-dealkylation sites (tertiary alicyclic amines) is 1. The second kappa shape index (κ2) is 5.35. The summed E-state index contributed by atoms with van der Waals surface area (Å²) in [6.07, 6.45) is 2.38. The predicted octanol–water partition coefficient (Wildman–Crippen LogP) is 2.41. The Bertz CT molecular complexity index is 440. The first-order valence-electron chi connectivity index (χ1n) is 6.32. The number of benzene rings is 1. The lowest BCUT2D eigenvalue weighted by Crippen LogP contribution is -2.32. The topological polar surface area (TPSA) is 72.4 Å². The van der Waals surface area contributed by atoms with Crippen molar-refractivity contribution in [3.63, 3.8) is 0 Å². The van der Waals surface area contributed by atoms with Crippen molar-refractivity contribution in [3.8, 4) is 0 Å². The number of nitro groups is 1. The van der Waals surface area contributed by atoms with Crippen LogP contribution in [0.15, 0.2) is 18.2 Å². The van der Waals surface area contributed by atoms with Gasteiger partial charge in [0.05, 0.1) is 4.92 Å². The molecule has 0 radical (unpaired) electrons. The van der Waals surface area contributed by atoms with Gasteiger partial charge in [-0.25, -0.2) is 0 Å². The highest BCUT2D eigenvalue weighted by Crippen LogP contribution is 2.27. The van der Waals surface area contributed by atoms with Crippen molar-refractivity contribution in [2.75, 3.05) is 18.8 Å². The van der Waals surface area contributed by atoms with E-state index in [0.717, 1.165) is 24.6 Å². The molecule has 18 heavy (non-hydrogen) atoms. The molecule has 0 amide bonds. The summed E-state index contributed by atoms with van der Waals surface area (Å²) in [6, 6.07) is 5.04. The second-order valence-corrected chi connectivity index (χ2v) is 5.07. The Morgan fingerprint density at radius 1 is 1.44 bits per heavy atom. The van der Waals surface area contributed by atoms with Crippen LogP contribution in [0.1, 0.15) is 25.3 Å². The number of para-hydroxylation sites is 1. The Kier molecular flexibility index (Phi) is 3.81. The van der Waals surface area contributed by atoms with Gasteiger partial charge in [0.2, 0.25) is 0 Å². The van der Waals surface area contributed by atoms with Gasteiger partial charge in [0.15, 0.2) is 0 Å². The average molecular weight is 249 g/mol. The summed E-state index contributed by atoms with van der Waals surface area (Å²) in [4.78, 5) is 12.7. The third-order valence-electron chi connectivity index (χ3n) is 3.64. The van der Waals surface area contributed by atoms with Gasteiger partial charge in [-0.05, 0) is 37.4 Å². The number of hydrogen-bond donors (Lipinski definition) is 1. The quantitative estimate of drug-likeness (QED) is 0.507. The number of piperidine rings is 1. The molecule has 1 aromatic carbocycles. The van der Waals surface area contributed by atoms with E-state index in [1.54, 1.807) is 6.07 Å². The average Bonchev–Trinajstić information content (AvgIpc) is 2.34. The van der Waals surface area contributed by atoms with Crippen molar-refractivity contribution >= 4 is 11.4 Å². The highest BCUT2D eigenvalue weighted by Gasteiger charge is 2.19. The minimum Gasteiger partial charge on any atom is -0.393 e. The van der Waals surface area contributed by atoms with Crippen LogP contribution in [0, 0.1) is 16.0 Å². The molecule has 0 saturated carbocycles. The van der Waals surface area contributed by atoms with E-state index in [-0.39, 0.29) is 5.69 Å². The van der Waals surface area contributed by atoms with Crippen LogP contribution in [-0.2, 0) is 6.54 Å². The molecule has 0 bridgehead atoms. The lowest BCUT2D eigenvalue weighted by atomic mass is 9.98. The standard InChI is InChI=1S/C13H19N3O2/c1-10-5-7-15(8-6-10)9-11-3-2-4-12(13(11)14)16(17)18/h2-4,10H,5-9,14H2,1H3. The highest BCUT2D eigenvalue weighted by atomic mass is 16.6. The smallest absolute Gasteiger partial charge is 0.292 e. The maximum Gasteiger partial charge on any atom is 0.292 e. The van der Waals surface area contributed by atoms with Gasteiger partial charge < -0.3 is 5.73 Å². The van der Waals surface area contributed by atoms with Gasteiger partial charge in [-0.1, -0.05) is 19.1 Å². The second-order valence-electron chi connectivity index (χ2n) is 5.07. The molecular weight excluding hydrogens is 230 g/mol. The van der Waals surface area contributed by atoms with E-state index in [9.17, 15) is 10.1 Å². The highest BCUT2D eigenvalue weighted by molar-refractivity contribution is 5.62. The van der Waals surface area contributed by atoms with Crippen molar-refractivity contribution < 1.29 is 4.92 Å². The molecule has 0 aromatic heterocycles. The van der Waals surface area contributed by atoms with Gasteiger partial charge >= 0.3 is 0 Å². The number of hydrogen-bond acceptors (Lipinski definition) is 4. The predicted molar refractivity (Wildman–Crippen MR) is 71.2 cm³/mol. The number of nitrogen functional groups attached to an aromatic ring is 1. The number of nitrogens with zero attached hydrogens (tertiary/aromatic N) is 2. The SMILES string of the molecule is CC1CCN(Cc2cccc([N+](=O)[O-])c2N)CC1. The molecule has 0 aliphatic carbocycles. The van der Waals surface area contributed by atoms with E-state index in [4.69, 9.17) is 5.73 Å². The van der Waals surface area contributed by atoms with Crippen LogP contribution in [0.3, 0.4) is 0 Å². The third-order valence-corrected chi connectivity index (χ3v) is 3.64.